The van der Waals surface area contributed by atoms with Crippen LogP contribution in [0.25, 0.3) is 21.5 Å². The number of fused-ring (bicyclic) bond motifs is 28. The molecule has 5 aromatic rings. The molecule has 2 aromatic heterocycles. The van der Waals surface area contributed by atoms with Gasteiger partial charge in [0.25, 0.3) is 0 Å². The van der Waals surface area contributed by atoms with Crippen molar-refractivity contribution in [3.8, 4) is 0 Å². The third-order valence-corrected chi connectivity index (χ3v) is 13.3. The van der Waals surface area contributed by atoms with E-state index in [-0.39, 0.29) is 0 Å². The molecule has 0 saturated heterocycles. The maximum Gasteiger partial charge on any atom is 0.107 e. The van der Waals surface area contributed by atoms with Gasteiger partial charge in [-0.1, -0.05) is 126 Å². The highest BCUT2D eigenvalue weighted by Gasteiger charge is 2.40. The monoisotopic (exact) mass is 707 g/mol. The molecule has 3 heteroatoms. The molecule has 2 aliphatic carbocycles. The van der Waals surface area contributed by atoms with E-state index in [0.717, 1.165) is 56.3 Å². The maximum absolute atomic E-state index is 5.49. The van der Waals surface area contributed by atoms with Gasteiger partial charge in [0.05, 0.1) is 0 Å². The van der Waals surface area contributed by atoms with E-state index in [2.05, 4.69) is 74.5 Å². The van der Waals surface area contributed by atoms with Crippen LogP contribution in [-0.4, -0.2) is 14.5 Å². The predicted molar refractivity (Wildman–Crippen MR) is 223 cm³/mol. The van der Waals surface area contributed by atoms with Crippen LogP contribution in [0.1, 0.15) is 159 Å². The molecular weight excluding hydrogens is 643 g/mol. The number of aromatic nitrogens is 2. The van der Waals surface area contributed by atoms with Gasteiger partial charge in [-0.25, -0.2) is 0 Å². The van der Waals surface area contributed by atoms with Crippen LogP contribution in [0.3, 0.4) is 0 Å². The molecule has 0 unspecified atom stereocenters. The molecule has 278 valence electrons. The first-order chi connectivity index (χ1) is 26.1. The second kappa shape index (κ2) is 16.8. The molecule has 3 nitrogen and oxygen atoms in total. The first-order valence-corrected chi connectivity index (χ1v) is 21.8. The summed E-state index contributed by atoms with van der Waals surface area (Å²) in [6.45, 7) is 8.77. The van der Waals surface area contributed by atoms with E-state index in [4.69, 9.17) is 9.97 Å². The topological polar surface area (TPSA) is 25.8 Å². The first-order valence-electron chi connectivity index (χ1n) is 21.8. The van der Waals surface area contributed by atoms with Crippen molar-refractivity contribution in [3.63, 3.8) is 0 Å². The highest BCUT2D eigenvalue weighted by atomic mass is 15.4. The lowest BCUT2D eigenvalue weighted by atomic mass is 9.93. The number of benzene rings is 3. The zero-order valence-corrected chi connectivity index (χ0v) is 33.1. The summed E-state index contributed by atoms with van der Waals surface area (Å²) in [5.74, 6) is 0. The molecule has 53 heavy (non-hydrogen) atoms. The number of hydrogen-bond acceptors (Lipinski definition) is 2. The van der Waals surface area contributed by atoms with Crippen LogP contribution in [0.2, 0.25) is 0 Å². The Morgan fingerprint density at radius 2 is 0.774 bits per heavy atom. The Labute approximate surface area is 320 Å². The van der Waals surface area contributed by atoms with Gasteiger partial charge in [0.2, 0.25) is 0 Å². The lowest BCUT2D eigenvalue weighted by Crippen LogP contribution is -2.42. The Morgan fingerprint density at radius 3 is 1.17 bits per heavy atom. The van der Waals surface area contributed by atoms with Gasteiger partial charge in [-0.3, -0.25) is 9.97 Å². The Morgan fingerprint density at radius 1 is 0.434 bits per heavy atom. The summed E-state index contributed by atoms with van der Waals surface area (Å²) in [7, 11) is 0. The third kappa shape index (κ3) is 8.26. The minimum Gasteiger partial charge on any atom is -0.308 e. The maximum atomic E-state index is 5.49. The van der Waals surface area contributed by atoms with E-state index >= 15 is 0 Å². The Balaban J connectivity index is 1.25. The van der Waals surface area contributed by atoms with Crippen molar-refractivity contribution in [3.05, 3.63) is 117 Å². The molecule has 4 bridgehead atoms. The number of nitrogens with zero attached hydrogens (tertiary/aromatic N) is 3. The molecule has 0 radical (unpaired) electrons. The van der Waals surface area contributed by atoms with Gasteiger partial charge in [0, 0.05) is 45.0 Å². The summed E-state index contributed by atoms with van der Waals surface area (Å²) < 4.78 is 1.03. The van der Waals surface area contributed by atoms with Crippen molar-refractivity contribution in [2.75, 3.05) is 0 Å². The van der Waals surface area contributed by atoms with Gasteiger partial charge in [0.15, 0.2) is 0 Å². The SMILES string of the molecule is Cc1nc2c(C[N+]3(Cc4cc5c(C)nc4CCCCCCCCCC5)Cc4c(c5ccccc5c5ccccc45)C3)cc1CCCCCCCCCC2. The van der Waals surface area contributed by atoms with Crippen LogP contribution in [0.5, 0.6) is 0 Å². The molecule has 0 atom stereocenters. The fourth-order valence-electron chi connectivity index (χ4n) is 10.4. The summed E-state index contributed by atoms with van der Waals surface area (Å²) >= 11 is 0. The Bertz CT molecular complexity index is 1890. The molecule has 0 amide bonds. The normalized spacial score (nSPS) is 18.9. The molecule has 3 aliphatic heterocycles. The molecule has 3 aromatic carbocycles. The summed E-state index contributed by atoms with van der Waals surface area (Å²) in [4.78, 5) is 11.0. The quantitative estimate of drug-likeness (QED) is 0.137. The lowest BCUT2D eigenvalue weighted by Gasteiger charge is -2.36. The van der Waals surface area contributed by atoms with E-state index < -0.39 is 0 Å². The van der Waals surface area contributed by atoms with Gasteiger partial charge in [0.1, 0.15) is 26.2 Å². The van der Waals surface area contributed by atoms with Crippen LogP contribution < -0.4 is 0 Å². The molecule has 0 fully saturated rings. The number of quaternary nitrogens is 1. The van der Waals surface area contributed by atoms with Crippen molar-refractivity contribution in [2.24, 2.45) is 0 Å². The van der Waals surface area contributed by atoms with E-state index in [1.807, 2.05) is 0 Å². The molecule has 10 rings (SSSR count). The second-order valence-electron chi connectivity index (χ2n) is 17.4. The average molecular weight is 707 g/mol. The van der Waals surface area contributed by atoms with Crippen molar-refractivity contribution in [1.29, 1.82) is 0 Å². The van der Waals surface area contributed by atoms with E-state index in [1.165, 1.54) is 169 Å². The van der Waals surface area contributed by atoms with E-state index in [0.29, 0.717) is 0 Å². The molecule has 5 aliphatic rings. The standard InChI is InChI=1S/C50H64N3/c1-37-39-23-15-11-7-3-5-9-13-17-29-49(51-37)41(31-39)33-53(34-42-32-40-24-16-12-8-4-6-10-14-18-30-50(42)52-38(40)2)35-47-45-27-21-19-25-43(45)44-26-20-22-28-46(44)48(47)36-53/h19-22,25-28,31-32H,3-18,23-24,29-30,33-36H2,1-2H3/q+1. The Kier molecular flexibility index (Phi) is 11.6. The van der Waals surface area contributed by atoms with E-state index in [1.54, 1.807) is 11.1 Å². The van der Waals surface area contributed by atoms with Crippen LogP contribution >= 0.6 is 0 Å². The van der Waals surface area contributed by atoms with Gasteiger partial charge in [-0.05, 0) is 110 Å². The molecule has 0 N–H and O–H groups in total. The van der Waals surface area contributed by atoms with Crippen LogP contribution in [-0.2, 0) is 51.9 Å². The summed E-state index contributed by atoms with van der Waals surface area (Å²) in [5, 5.41) is 5.72. The van der Waals surface area contributed by atoms with Crippen molar-refractivity contribution < 1.29 is 4.48 Å². The van der Waals surface area contributed by atoms with Gasteiger partial charge in [-0.15, -0.1) is 0 Å². The number of rotatable bonds is 4. The summed E-state index contributed by atoms with van der Waals surface area (Å²) in [5.41, 5.74) is 14.5. The minimum absolute atomic E-state index is 1.03. The fourth-order valence-corrected chi connectivity index (χ4v) is 10.4. The zero-order chi connectivity index (χ0) is 36.0. The largest absolute Gasteiger partial charge is 0.308 e. The number of hydrogen-bond donors (Lipinski definition) is 0. The zero-order valence-electron chi connectivity index (χ0n) is 33.1. The first kappa shape index (κ1) is 36.4. The molecule has 5 heterocycles. The third-order valence-electron chi connectivity index (χ3n) is 13.3. The molecule has 0 saturated carbocycles. The van der Waals surface area contributed by atoms with Gasteiger partial charge in [-0.2, -0.15) is 0 Å². The predicted octanol–water partition coefficient (Wildman–Crippen LogP) is 13.1. The number of aryl methyl sites for hydroxylation is 6. The summed E-state index contributed by atoms with van der Waals surface area (Å²) in [6.07, 6.45) is 26.1. The highest BCUT2D eigenvalue weighted by molar-refractivity contribution is 6.10. The lowest BCUT2D eigenvalue weighted by molar-refractivity contribution is -0.972. The van der Waals surface area contributed by atoms with Gasteiger partial charge < -0.3 is 4.48 Å². The van der Waals surface area contributed by atoms with Crippen molar-refractivity contribution >= 4 is 21.5 Å². The number of pyridine rings is 2. The van der Waals surface area contributed by atoms with Crippen LogP contribution in [0, 0.1) is 13.8 Å². The minimum atomic E-state index is 1.03. The average Bonchev–Trinajstić information content (AvgIpc) is 3.55. The smallest absolute Gasteiger partial charge is 0.107 e. The summed E-state index contributed by atoms with van der Waals surface area (Å²) in [6, 6.07) is 23.8. The molecule has 0 spiro atoms. The van der Waals surface area contributed by atoms with Crippen molar-refractivity contribution in [2.45, 2.75) is 168 Å². The van der Waals surface area contributed by atoms with Gasteiger partial charge >= 0.3 is 0 Å². The van der Waals surface area contributed by atoms with Crippen LogP contribution in [0.4, 0.5) is 0 Å². The highest BCUT2D eigenvalue weighted by Crippen LogP contribution is 2.44. The van der Waals surface area contributed by atoms with Crippen LogP contribution in [0.15, 0.2) is 60.7 Å². The van der Waals surface area contributed by atoms with Crippen molar-refractivity contribution in [1.82, 2.24) is 9.97 Å². The Hall–Kier alpha value is -3.56. The fraction of sp³-hybridized carbons (Fsp3) is 0.520. The second-order valence-corrected chi connectivity index (χ2v) is 17.4. The molecular formula is C50H64N3+. The van der Waals surface area contributed by atoms with E-state index in [9.17, 15) is 0 Å².